The Bertz CT molecular complexity index is 677. The third kappa shape index (κ3) is 3.17. The Kier molecular flexibility index (Phi) is 4.41. The number of nitrogens with one attached hydrogen (secondary N) is 1. The van der Waals surface area contributed by atoms with Gasteiger partial charge in [0.2, 0.25) is 5.03 Å². The normalized spacial score (nSPS) is 11.6. The molecule has 0 unspecified atom stereocenters. The Morgan fingerprint density at radius 3 is 2.50 bits per heavy atom. The first kappa shape index (κ1) is 14.9. The van der Waals surface area contributed by atoms with Crippen LogP contribution in [0.4, 0.5) is 5.69 Å². The van der Waals surface area contributed by atoms with Gasteiger partial charge >= 0.3 is 0 Å². The minimum Gasteiger partial charge on any atom is -0.396 e. The number of sulfonamides is 1. The van der Waals surface area contributed by atoms with Crippen LogP contribution in [0.25, 0.3) is 0 Å². The van der Waals surface area contributed by atoms with E-state index in [1.165, 1.54) is 11.7 Å². The van der Waals surface area contributed by atoms with Gasteiger partial charge in [-0.3, -0.25) is 4.72 Å². The maximum atomic E-state index is 12.2. The number of aliphatic hydroxyl groups excluding tert-OH is 1. The number of rotatable bonds is 5. The molecule has 0 amide bonds. The molecule has 2 aromatic rings. The Morgan fingerprint density at radius 2 is 2.00 bits per heavy atom. The number of aryl methyl sites for hydroxylation is 1. The molecule has 1 aromatic carbocycles. The number of aliphatic hydroxyl groups is 1. The van der Waals surface area contributed by atoms with Crippen LogP contribution in [0.15, 0.2) is 33.9 Å². The summed E-state index contributed by atoms with van der Waals surface area (Å²) >= 11 is 3.06. The fourth-order valence-electron chi connectivity index (χ4n) is 1.68. The van der Waals surface area contributed by atoms with E-state index in [9.17, 15) is 8.42 Å². The summed E-state index contributed by atoms with van der Waals surface area (Å²) in [5, 5.41) is 16.1. The molecule has 0 aliphatic carbocycles. The summed E-state index contributed by atoms with van der Waals surface area (Å²) in [6.45, 7) is 0.0543. The van der Waals surface area contributed by atoms with Crippen molar-refractivity contribution in [3.05, 3.63) is 34.4 Å². The van der Waals surface area contributed by atoms with Crippen LogP contribution in [0.2, 0.25) is 0 Å². The summed E-state index contributed by atoms with van der Waals surface area (Å²) in [7, 11) is -2.27. The summed E-state index contributed by atoms with van der Waals surface area (Å²) in [5.41, 5.74) is 1.36. The van der Waals surface area contributed by atoms with Crippen LogP contribution >= 0.6 is 15.9 Å². The van der Waals surface area contributed by atoms with Gasteiger partial charge in [0.05, 0.1) is 0 Å². The fourth-order valence-corrected chi connectivity index (χ4v) is 3.84. The predicted molar refractivity (Wildman–Crippen MR) is 76.7 cm³/mol. The van der Waals surface area contributed by atoms with E-state index < -0.39 is 10.0 Å². The third-order valence-electron chi connectivity index (χ3n) is 2.60. The third-order valence-corrected chi connectivity index (χ3v) is 4.87. The van der Waals surface area contributed by atoms with Gasteiger partial charge < -0.3 is 5.11 Å². The van der Waals surface area contributed by atoms with E-state index in [2.05, 4.69) is 31.0 Å². The lowest BCUT2D eigenvalue weighted by molar-refractivity contribution is 0.299. The van der Waals surface area contributed by atoms with E-state index in [1.807, 2.05) is 0 Å². The Balaban J connectivity index is 2.24. The summed E-state index contributed by atoms with van der Waals surface area (Å²) < 4.78 is 28.2. The van der Waals surface area contributed by atoms with Crippen molar-refractivity contribution in [2.75, 3.05) is 11.3 Å². The zero-order chi connectivity index (χ0) is 14.8. The van der Waals surface area contributed by atoms with Crippen LogP contribution in [0.5, 0.6) is 0 Å². The van der Waals surface area contributed by atoms with Crippen LogP contribution < -0.4 is 4.72 Å². The first-order chi connectivity index (χ1) is 9.44. The Labute approximate surface area is 124 Å². The second kappa shape index (κ2) is 5.90. The van der Waals surface area contributed by atoms with Crippen molar-refractivity contribution in [1.82, 2.24) is 15.0 Å². The molecule has 1 aromatic heterocycles. The molecule has 0 aliphatic heterocycles. The Hall–Kier alpha value is -1.45. The molecule has 9 heteroatoms. The second-order valence-electron chi connectivity index (χ2n) is 4.09. The largest absolute Gasteiger partial charge is 0.396 e. The highest BCUT2D eigenvalue weighted by Crippen LogP contribution is 2.21. The lowest BCUT2D eigenvalue weighted by Crippen LogP contribution is -2.17. The first-order valence-electron chi connectivity index (χ1n) is 5.72. The maximum Gasteiger partial charge on any atom is 0.281 e. The molecule has 0 saturated carbocycles. The standard InChI is InChI=1S/C11H13BrN4O3S/c1-16-11(10(12)13-15-16)20(18,19)14-9-4-2-8(3-5-9)6-7-17/h2-5,14,17H,6-7H2,1H3. The molecule has 7 nitrogen and oxygen atoms in total. The van der Waals surface area contributed by atoms with Crippen molar-refractivity contribution in [2.24, 2.45) is 7.05 Å². The topological polar surface area (TPSA) is 97.1 Å². The lowest BCUT2D eigenvalue weighted by atomic mass is 10.1. The maximum absolute atomic E-state index is 12.2. The zero-order valence-electron chi connectivity index (χ0n) is 10.6. The SMILES string of the molecule is Cn1nnc(Br)c1S(=O)(=O)Nc1ccc(CCO)cc1. The van der Waals surface area contributed by atoms with E-state index in [-0.39, 0.29) is 16.2 Å². The van der Waals surface area contributed by atoms with Crippen LogP contribution in [0.1, 0.15) is 5.56 Å². The molecule has 0 atom stereocenters. The molecule has 0 saturated heterocycles. The molecular formula is C11H13BrN4O3S. The molecule has 2 rings (SSSR count). The van der Waals surface area contributed by atoms with Gasteiger partial charge in [-0.25, -0.2) is 4.68 Å². The number of nitrogens with zero attached hydrogens (tertiary/aromatic N) is 3. The summed E-state index contributed by atoms with van der Waals surface area (Å²) in [5.74, 6) is 0. The van der Waals surface area contributed by atoms with Gasteiger partial charge in [0.25, 0.3) is 10.0 Å². The van der Waals surface area contributed by atoms with Gasteiger partial charge in [-0.15, -0.1) is 5.10 Å². The lowest BCUT2D eigenvalue weighted by Gasteiger charge is -2.08. The molecule has 1 heterocycles. The molecule has 0 spiro atoms. The fraction of sp³-hybridized carbons (Fsp3) is 0.273. The molecular weight excluding hydrogens is 348 g/mol. The number of aromatic nitrogens is 3. The average molecular weight is 361 g/mol. The van der Waals surface area contributed by atoms with Crippen molar-refractivity contribution < 1.29 is 13.5 Å². The molecule has 2 N–H and O–H groups in total. The zero-order valence-corrected chi connectivity index (χ0v) is 13.0. The van der Waals surface area contributed by atoms with Crippen molar-refractivity contribution in [2.45, 2.75) is 11.4 Å². The Morgan fingerprint density at radius 1 is 1.35 bits per heavy atom. The van der Waals surface area contributed by atoms with Gasteiger partial charge in [0.1, 0.15) is 0 Å². The van der Waals surface area contributed by atoms with Crippen LogP contribution in [0.3, 0.4) is 0 Å². The first-order valence-corrected chi connectivity index (χ1v) is 7.99. The molecule has 0 aliphatic rings. The van der Waals surface area contributed by atoms with Crippen LogP contribution in [-0.2, 0) is 23.5 Å². The number of benzene rings is 1. The smallest absolute Gasteiger partial charge is 0.281 e. The summed E-state index contributed by atoms with van der Waals surface area (Å²) in [6, 6.07) is 6.79. The number of hydrogen-bond donors (Lipinski definition) is 2. The van der Waals surface area contributed by atoms with Crippen molar-refractivity contribution in [3.63, 3.8) is 0 Å². The predicted octanol–water partition coefficient (Wildman–Crippen LogP) is 0.913. The quantitative estimate of drug-likeness (QED) is 0.825. The monoisotopic (exact) mass is 360 g/mol. The van der Waals surface area contributed by atoms with Gasteiger partial charge in [0, 0.05) is 19.3 Å². The van der Waals surface area contributed by atoms with E-state index >= 15 is 0 Å². The van der Waals surface area contributed by atoms with Gasteiger partial charge in [-0.2, -0.15) is 8.42 Å². The molecule has 20 heavy (non-hydrogen) atoms. The van der Waals surface area contributed by atoms with Gasteiger partial charge in [-0.05, 0) is 40.0 Å². The molecule has 0 bridgehead atoms. The average Bonchev–Trinajstić information content (AvgIpc) is 2.72. The highest BCUT2D eigenvalue weighted by atomic mass is 79.9. The molecule has 0 fully saturated rings. The van der Waals surface area contributed by atoms with Crippen molar-refractivity contribution in [1.29, 1.82) is 0 Å². The van der Waals surface area contributed by atoms with Crippen molar-refractivity contribution in [3.8, 4) is 0 Å². The number of hydrogen-bond acceptors (Lipinski definition) is 5. The van der Waals surface area contributed by atoms with Gasteiger partial charge in [0.15, 0.2) is 4.60 Å². The molecule has 108 valence electrons. The van der Waals surface area contributed by atoms with Gasteiger partial charge in [-0.1, -0.05) is 17.3 Å². The molecule has 0 radical (unpaired) electrons. The highest BCUT2D eigenvalue weighted by molar-refractivity contribution is 9.10. The van der Waals surface area contributed by atoms with E-state index in [0.717, 1.165) is 5.56 Å². The minimum atomic E-state index is -3.76. The number of anilines is 1. The summed E-state index contributed by atoms with van der Waals surface area (Å²) in [6.07, 6.45) is 0.532. The number of halogens is 1. The highest BCUT2D eigenvalue weighted by Gasteiger charge is 2.23. The van der Waals surface area contributed by atoms with Crippen molar-refractivity contribution >= 4 is 31.6 Å². The van der Waals surface area contributed by atoms with Crippen LogP contribution in [-0.4, -0.2) is 35.1 Å². The van der Waals surface area contributed by atoms with E-state index in [0.29, 0.717) is 12.1 Å². The van der Waals surface area contributed by atoms with Crippen LogP contribution in [0, 0.1) is 0 Å². The summed E-state index contributed by atoms with van der Waals surface area (Å²) in [4.78, 5) is 0. The van der Waals surface area contributed by atoms with E-state index in [1.54, 1.807) is 24.3 Å². The minimum absolute atomic E-state index is 0.0445. The second-order valence-corrected chi connectivity index (χ2v) is 6.43. The van der Waals surface area contributed by atoms with E-state index in [4.69, 9.17) is 5.11 Å².